The minimum atomic E-state index is -2.49. The predicted octanol–water partition coefficient (Wildman–Crippen LogP) is 3.97. The number of hydrogen-bond acceptors (Lipinski definition) is 1. The van der Waals surface area contributed by atoms with Gasteiger partial charge >= 0.3 is 0 Å². The van der Waals surface area contributed by atoms with Crippen molar-refractivity contribution in [3.8, 4) is 0 Å². The van der Waals surface area contributed by atoms with E-state index in [0.717, 1.165) is 17.4 Å². The third kappa shape index (κ3) is 3.28. The molecule has 23 heavy (non-hydrogen) atoms. The van der Waals surface area contributed by atoms with Crippen molar-refractivity contribution in [1.82, 2.24) is 4.57 Å². The Labute approximate surface area is 133 Å². The highest BCUT2D eigenvalue weighted by Gasteiger charge is 2.34. The molecule has 0 atom stereocenters. The van der Waals surface area contributed by atoms with E-state index in [-0.39, 0.29) is 24.3 Å². The number of carbonyl (C=O) groups excluding carboxylic acids is 1. The van der Waals surface area contributed by atoms with Crippen LogP contribution in [-0.2, 0) is 11.3 Å². The summed E-state index contributed by atoms with van der Waals surface area (Å²) in [6, 6.07) is 7.59. The van der Waals surface area contributed by atoms with Gasteiger partial charge in [0.2, 0.25) is 11.8 Å². The van der Waals surface area contributed by atoms with E-state index in [4.69, 9.17) is 5.73 Å². The number of hydrogen-bond donors (Lipinski definition) is 1. The molecule has 1 aliphatic rings. The number of benzene rings is 1. The lowest BCUT2D eigenvalue weighted by molar-refractivity contribution is -0.112. The van der Waals surface area contributed by atoms with Crippen molar-refractivity contribution < 1.29 is 13.6 Å². The van der Waals surface area contributed by atoms with Gasteiger partial charge in [-0.1, -0.05) is 12.6 Å². The van der Waals surface area contributed by atoms with Crippen LogP contribution in [0.3, 0.4) is 0 Å². The van der Waals surface area contributed by atoms with Gasteiger partial charge in [-0.3, -0.25) is 4.79 Å². The summed E-state index contributed by atoms with van der Waals surface area (Å²) < 4.78 is 28.6. The standard InChI is InChI=1S/C18H20F2N2O/c1-12(17(21)23)14-2-3-16-15(10-14)6-9-22(16)11-13-4-7-18(19,20)8-5-13/h2-3,6,9-10,13H,1,4-5,7-8,11H2,(H2,21,23). The van der Waals surface area contributed by atoms with E-state index in [0.29, 0.717) is 18.4 Å². The monoisotopic (exact) mass is 318 g/mol. The Balaban J connectivity index is 1.78. The summed E-state index contributed by atoms with van der Waals surface area (Å²) in [4.78, 5) is 11.2. The number of primary amides is 1. The highest BCUT2D eigenvalue weighted by Crippen LogP contribution is 2.37. The Morgan fingerprint density at radius 1 is 1.30 bits per heavy atom. The number of aromatic nitrogens is 1. The molecule has 1 amide bonds. The number of carbonyl (C=O) groups is 1. The highest BCUT2D eigenvalue weighted by molar-refractivity contribution is 6.18. The zero-order valence-electron chi connectivity index (χ0n) is 12.9. The molecule has 0 unspecified atom stereocenters. The van der Waals surface area contributed by atoms with Gasteiger partial charge in [-0.05, 0) is 42.5 Å². The van der Waals surface area contributed by atoms with Gasteiger partial charge in [-0.2, -0.15) is 0 Å². The summed E-state index contributed by atoms with van der Waals surface area (Å²) >= 11 is 0. The van der Waals surface area contributed by atoms with Crippen molar-refractivity contribution in [2.24, 2.45) is 11.7 Å². The Kier molecular flexibility index (Phi) is 3.96. The second-order valence-corrected chi connectivity index (χ2v) is 6.38. The molecule has 1 aliphatic carbocycles. The summed E-state index contributed by atoms with van der Waals surface area (Å²) in [5, 5.41) is 0.992. The molecule has 2 N–H and O–H groups in total. The molecule has 1 aromatic heterocycles. The van der Waals surface area contributed by atoms with Crippen LogP contribution in [0.5, 0.6) is 0 Å². The SMILES string of the molecule is C=C(C(N)=O)c1ccc2c(ccn2CC2CCC(F)(F)CC2)c1. The van der Waals surface area contributed by atoms with Crippen LogP contribution in [0.1, 0.15) is 31.2 Å². The molecule has 0 radical (unpaired) electrons. The lowest BCUT2D eigenvalue weighted by Crippen LogP contribution is -2.26. The Morgan fingerprint density at radius 2 is 2.00 bits per heavy atom. The maximum absolute atomic E-state index is 13.2. The number of fused-ring (bicyclic) bond motifs is 1. The Hall–Kier alpha value is -2.17. The van der Waals surface area contributed by atoms with Crippen LogP contribution in [0, 0.1) is 5.92 Å². The fourth-order valence-electron chi connectivity index (χ4n) is 3.25. The number of halogens is 2. The first kappa shape index (κ1) is 15.7. The average molecular weight is 318 g/mol. The van der Waals surface area contributed by atoms with Crippen molar-refractivity contribution in [1.29, 1.82) is 0 Å². The topological polar surface area (TPSA) is 48.0 Å². The van der Waals surface area contributed by atoms with Crippen molar-refractivity contribution in [3.63, 3.8) is 0 Å². The second-order valence-electron chi connectivity index (χ2n) is 6.38. The molecule has 1 heterocycles. The highest BCUT2D eigenvalue weighted by atomic mass is 19.3. The number of nitrogens with zero attached hydrogens (tertiary/aromatic N) is 1. The van der Waals surface area contributed by atoms with Crippen LogP contribution in [0.4, 0.5) is 8.78 Å². The number of amides is 1. The number of nitrogens with two attached hydrogens (primary N) is 1. The molecule has 5 heteroatoms. The largest absolute Gasteiger partial charge is 0.366 e. The molecule has 3 rings (SSSR count). The summed E-state index contributed by atoms with van der Waals surface area (Å²) in [6.45, 7) is 4.44. The maximum Gasteiger partial charge on any atom is 0.248 e. The predicted molar refractivity (Wildman–Crippen MR) is 87.1 cm³/mol. The molecule has 0 aliphatic heterocycles. The molecule has 0 spiro atoms. The summed E-state index contributed by atoms with van der Waals surface area (Å²) in [7, 11) is 0. The molecule has 1 aromatic carbocycles. The first-order chi connectivity index (χ1) is 10.9. The molecular formula is C18H20F2N2O. The van der Waals surface area contributed by atoms with Crippen LogP contribution in [0.15, 0.2) is 37.0 Å². The van der Waals surface area contributed by atoms with E-state index in [1.165, 1.54) is 0 Å². The fourth-order valence-corrected chi connectivity index (χ4v) is 3.25. The molecule has 0 bridgehead atoms. The third-order valence-electron chi connectivity index (χ3n) is 4.71. The summed E-state index contributed by atoms with van der Waals surface area (Å²) in [6.07, 6.45) is 3.06. The van der Waals surface area contributed by atoms with Gasteiger partial charge in [-0.25, -0.2) is 8.78 Å². The first-order valence-corrected chi connectivity index (χ1v) is 7.81. The number of rotatable bonds is 4. The Bertz CT molecular complexity index is 753. The average Bonchev–Trinajstić information content (AvgIpc) is 2.90. The quantitative estimate of drug-likeness (QED) is 0.852. The van der Waals surface area contributed by atoms with Crippen LogP contribution in [0.2, 0.25) is 0 Å². The van der Waals surface area contributed by atoms with Crippen LogP contribution in [0.25, 0.3) is 16.5 Å². The van der Waals surface area contributed by atoms with E-state index in [1.54, 1.807) is 0 Å². The normalized spacial score (nSPS) is 18.2. The molecule has 2 aromatic rings. The third-order valence-corrected chi connectivity index (χ3v) is 4.71. The van der Waals surface area contributed by atoms with Crippen molar-refractivity contribution >= 4 is 22.4 Å². The van der Waals surface area contributed by atoms with Gasteiger partial charge in [0.05, 0.1) is 0 Å². The Morgan fingerprint density at radius 3 is 2.65 bits per heavy atom. The van der Waals surface area contributed by atoms with Gasteiger partial charge in [-0.15, -0.1) is 0 Å². The van der Waals surface area contributed by atoms with E-state index in [9.17, 15) is 13.6 Å². The first-order valence-electron chi connectivity index (χ1n) is 7.81. The number of alkyl halides is 2. The van der Waals surface area contributed by atoms with Gasteiger partial charge < -0.3 is 10.3 Å². The minimum absolute atomic E-state index is 0.0144. The zero-order valence-corrected chi connectivity index (χ0v) is 12.9. The van der Waals surface area contributed by atoms with E-state index >= 15 is 0 Å². The lowest BCUT2D eigenvalue weighted by atomic mass is 9.87. The maximum atomic E-state index is 13.2. The van der Waals surface area contributed by atoms with Crippen molar-refractivity contribution in [2.75, 3.05) is 0 Å². The summed E-state index contributed by atoms with van der Waals surface area (Å²) in [5.41, 5.74) is 7.28. The molecule has 3 nitrogen and oxygen atoms in total. The van der Waals surface area contributed by atoms with Gasteiger partial charge in [0.25, 0.3) is 0 Å². The smallest absolute Gasteiger partial charge is 0.248 e. The zero-order chi connectivity index (χ0) is 16.6. The van der Waals surface area contributed by atoms with Crippen LogP contribution >= 0.6 is 0 Å². The molecular weight excluding hydrogens is 298 g/mol. The van der Waals surface area contributed by atoms with Gasteiger partial charge in [0.1, 0.15) is 0 Å². The van der Waals surface area contributed by atoms with Gasteiger partial charge in [0.15, 0.2) is 0 Å². The minimum Gasteiger partial charge on any atom is -0.366 e. The lowest BCUT2D eigenvalue weighted by Gasteiger charge is -2.28. The van der Waals surface area contributed by atoms with Gasteiger partial charge in [0, 0.05) is 42.1 Å². The van der Waals surface area contributed by atoms with Crippen LogP contribution in [-0.4, -0.2) is 16.4 Å². The van der Waals surface area contributed by atoms with E-state index < -0.39 is 11.8 Å². The van der Waals surface area contributed by atoms with Crippen molar-refractivity contribution in [2.45, 2.75) is 38.2 Å². The molecule has 1 saturated carbocycles. The molecule has 1 fully saturated rings. The fraction of sp³-hybridized carbons (Fsp3) is 0.389. The van der Waals surface area contributed by atoms with Crippen molar-refractivity contribution in [3.05, 3.63) is 42.6 Å². The van der Waals surface area contributed by atoms with Crippen LogP contribution < -0.4 is 5.73 Å². The molecule has 0 saturated heterocycles. The van der Waals surface area contributed by atoms with E-state index in [2.05, 4.69) is 11.1 Å². The second kappa shape index (κ2) is 5.80. The summed E-state index contributed by atoms with van der Waals surface area (Å²) in [5.74, 6) is -2.74. The molecule has 122 valence electrons. The van der Waals surface area contributed by atoms with E-state index in [1.807, 2.05) is 30.5 Å².